The third kappa shape index (κ3) is 6.27. The van der Waals surface area contributed by atoms with Crippen LogP contribution in [0, 0.1) is 6.92 Å². The summed E-state index contributed by atoms with van der Waals surface area (Å²) in [5.74, 6) is 0.487. The summed E-state index contributed by atoms with van der Waals surface area (Å²) in [6, 6.07) is 7.03. The third-order valence-electron chi connectivity index (χ3n) is 3.74. The highest BCUT2D eigenvalue weighted by Crippen LogP contribution is 2.12. The first-order valence-electron chi connectivity index (χ1n) is 8.96. The quantitative estimate of drug-likeness (QED) is 0.630. The Morgan fingerprint density at radius 2 is 1.86 bits per heavy atom. The van der Waals surface area contributed by atoms with Crippen molar-refractivity contribution in [1.82, 2.24) is 15.0 Å². The maximum atomic E-state index is 11.8. The average Bonchev–Trinajstić information content (AvgIpc) is 2.67. The Morgan fingerprint density at radius 3 is 2.57 bits per heavy atom. The molecule has 0 saturated carbocycles. The number of rotatable bonds is 9. The second-order valence-corrected chi connectivity index (χ2v) is 6.14. The van der Waals surface area contributed by atoms with E-state index < -0.39 is 5.97 Å². The van der Waals surface area contributed by atoms with Gasteiger partial charge in [0.1, 0.15) is 5.82 Å². The summed E-state index contributed by atoms with van der Waals surface area (Å²) in [6.07, 6.45) is 0.338. The molecule has 0 aliphatic rings. The summed E-state index contributed by atoms with van der Waals surface area (Å²) in [7, 11) is 1.35. The number of aryl methyl sites for hydroxylation is 1. The van der Waals surface area contributed by atoms with Crippen LogP contribution in [-0.4, -0.2) is 46.6 Å². The van der Waals surface area contributed by atoms with E-state index in [0.29, 0.717) is 30.4 Å². The Kier molecular flexibility index (Phi) is 7.82. The fourth-order valence-corrected chi connectivity index (χ4v) is 2.38. The van der Waals surface area contributed by atoms with Gasteiger partial charge >= 0.3 is 5.97 Å². The molecule has 0 spiro atoms. The van der Waals surface area contributed by atoms with Crippen LogP contribution < -0.4 is 10.6 Å². The van der Waals surface area contributed by atoms with E-state index >= 15 is 0 Å². The second-order valence-electron chi connectivity index (χ2n) is 6.14. The van der Waals surface area contributed by atoms with Crippen LogP contribution in [0.2, 0.25) is 0 Å². The van der Waals surface area contributed by atoms with Crippen LogP contribution >= 0.6 is 0 Å². The normalized spacial score (nSPS) is 11.6. The van der Waals surface area contributed by atoms with E-state index in [1.165, 1.54) is 7.11 Å². The molecule has 1 aromatic heterocycles. The van der Waals surface area contributed by atoms with Gasteiger partial charge in [-0.15, -0.1) is 0 Å². The summed E-state index contributed by atoms with van der Waals surface area (Å²) in [4.78, 5) is 35.8. The second kappa shape index (κ2) is 10.3. The number of nitrogens with one attached hydrogen (secondary N) is 2. The molecule has 2 N–H and O–H groups in total. The minimum Gasteiger partial charge on any atom is -0.465 e. The monoisotopic (exact) mass is 387 g/mol. The summed E-state index contributed by atoms with van der Waals surface area (Å²) >= 11 is 0. The average molecular weight is 387 g/mol. The highest BCUT2D eigenvalue weighted by atomic mass is 16.5. The molecule has 1 aromatic carbocycles. The Balaban J connectivity index is 1.92. The lowest BCUT2D eigenvalue weighted by molar-refractivity contribution is -0.115. The first kappa shape index (κ1) is 21.2. The van der Waals surface area contributed by atoms with Gasteiger partial charge in [0.2, 0.25) is 17.8 Å². The van der Waals surface area contributed by atoms with Gasteiger partial charge in [0.05, 0.1) is 25.9 Å². The zero-order valence-electron chi connectivity index (χ0n) is 16.5. The van der Waals surface area contributed by atoms with E-state index in [-0.39, 0.29) is 24.5 Å². The van der Waals surface area contributed by atoms with Gasteiger partial charge in [-0.05, 0) is 25.5 Å². The number of amides is 1. The molecule has 1 unspecified atom stereocenters. The van der Waals surface area contributed by atoms with Crippen LogP contribution in [0.15, 0.2) is 24.3 Å². The zero-order valence-corrected chi connectivity index (χ0v) is 16.5. The van der Waals surface area contributed by atoms with Gasteiger partial charge in [0, 0.05) is 12.5 Å². The molecule has 0 aliphatic carbocycles. The number of nitrogens with zero attached hydrogens (tertiary/aromatic N) is 3. The molecule has 1 atom stereocenters. The van der Waals surface area contributed by atoms with Crippen LogP contribution in [0.25, 0.3) is 0 Å². The molecule has 2 rings (SSSR count). The SMILES string of the molecule is CCC(=O)Nc1nc(C)nc(NC(C)COCc2ccccc2C(=O)OC)n1. The number of methoxy groups -OCH3 is 1. The maximum absolute atomic E-state index is 11.8. The van der Waals surface area contributed by atoms with E-state index in [4.69, 9.17) is 9.47 Å². The van der Waals surface area contributed by atoms with Gasteiger partial charge < -0.3 is 14.8 Å². The van der Waals surface area contributed by atoms with Gasteiger partial charge in [0.25, 0.3) is 0 Å². The van der Waals surface area contributed by atoms with Crippen molar-refractivity contribution >= 4 is 23.8 Å². The number of esters is 1. The summed E-state index contributed by atoms with van der Waals surface area (Å²) in [6.45, 7) is 6.01. The first-order valence-corrected chi connectivity index (χ1v) is 8.96. The Hall–Kier alpha value is -3.07. The Bertz CT molecular complexity index is 828. The molecule has 28 heavy (non-hydrogen) atoms. The number of hydrogen-bond acceptors (Lipinski definition) is 8. The summed E-state index contributed by atoms with van der Waals surface area (Å²) < 4.78 is 10.5. The predicted octanol–water partition coefficient (Wildman–Crippen LogP) is 2.33. The van der Waals surface area contributed by atoms with Gasteiger partial charge in [-0.2, -0.15) is 15.0 Å². The highest BCUT2D eigenvalue weighted by molar-refractivity contribution is 5.91. The summed E-state index contributed by atoms with van der Waals surface area (Å²) in [5.41, 5.74) is 1.23. The van der Waals surface area contributed by atoms with Crippen LogP contribution in [-0.2, 0) is 20.9 Å². The zero-order chi connectivity index (χ0) is 20.5. The lowest BCUT2D eigenvalue weighted by Crippen LogP contribution is -2.24. The van der Waals surface area contributed by atoms with Crippen molar-refractivity contribution in [2.45, 2.75) is 39.8 Å². The van der Waals surface area contributed by atoms with E-state index in [1.807, 2.05) is 19.1 Å². The van der Waals surface area contributed by atoms with Gasteiger partial charge in [-0.25, -0.2) is 4.79 Å². The van der Waals surface area contributed by atoms with Crippen molar-refractivity contribution in [3.05, 3.63) is 41.2 Å². The number of anilines is 2. The number of hydrogen-bond donors (Lipinski definition) is 2. The number of ether oxygens (including phenoxy) is 2. The third-order valence-corrected chi connectivity index (χ3v) is 3.74. The first-order chi connectivity index (χ1) is 13.4. The molecule has 0 radical (unpaired) electrons. The molecule has 0 aliphatic heterocycles. The van der Waals surface area contributed by atoms with Crippen LogP contribution in [0.4, 0.5) is 11.9 Å². The standard InChI is InChI=1S/C19H25N5O4/c1-5-16(25)23-19-22-13(3)21-18(24-19)20-12(2)10-28-11-14-8-6-7-9-15(14)17(26)27-4/h6-9,12H,5,10-11H2,1-4H3,(H2,20,21,22,23,24,25). The van der Waals surface area contributed by atoms with Gasteiger partial charge in [0.15, 0.2) is 0 Å². The molecular formula is C19H25N5O4. The molecule has 9 heteroatoms. The molecule has 9 nitrogen and oxygen atoms in total. The van der Waals surface area contributed by atoms with Crippen molar-refractivity contribution in [1.29, 1.82) is 0 Å². The molecule has 0 saturated heterocycles. The maximum Gasteiger partial charge on any atom is 0.338 e. The number of carbonyl (C=O) groups is 2. The van der Waals surface area contributed by atoms with Crippen LogP contribution in [0.5, 0.6) is 0 Å². The minimum atomic E-state index is -0.396. The van der Waals surface area contributed by atoms with E-state index in [9.17, 15) is 9.59 Å². The predicted molar refractivity (Wildman–Crippen MR) is 104 cm³/mol. The smallest absolute Gasteiger partial charge is 0.338 e. The molecular weight excluding hydrogens is 362 g/mol. The molecule has 1 heterocycles. The molecule has 1 amide bonds. The molecule has 0 fully saturated rings. The minimum absolute atomic E-state index is 0.109. The lowest BCUT2D eigenvalue weighted by Gasteiger charge is -2.15. The fourth-order valence-electron chi connectivity index (χ4n) is 2.38. The van der Waals surface area contributed by atoms with Crippen molar-refractivity contribution in [3.63, 3.8) is 0 Å². The van der Waals surface area contributed by atoms with Crippen molar-refractivity contribution in [3.8, 4) is 0 Å². The van der Waals surface area contributed by atoms with Crippen LogP contribution in [0.3, 0.4) is 0 Å². The van der Waals surface area contributed by atoms with Crippen molar-refractivity contribution in [2.24, 2.45) is 0 Å². The van der Waals surface area contributed by atoms with Gasteiger partial charge in [-0.1, -0.05) is 25.1 Å². The number of aromatic nitrogens is 3. The number of carbonyl (C=O) groups excluding carboxylic acids is 2. The van der Waals surface area contributed by atoms with Crippen molar-refractivity contribution in [2.75, 3.05) is 24.4 Å². The Morgan fingerprint density at radius 1 is 1.14 bits per heavy atom. The van der Waals surface area contributed by atoms with E-state index in [1.54, 1.807) is 26.0 Å². The molecule has 2 aromatic rings. The summed E-state index contributed by atoms with van der Waals surface area (Å²) in [5, 5.41) is 5.74. The highest BCUT2D eigenvalue weighted by Gasteiger charge is 2.12. The van der Waals surface area contributed by atoms with Crippen LogP contribution in [0.1, 0.15) is 42.0 Å². The topological polar surface area (TPSA) is 115 Å². The van der Waals surface area contributed by atoms with E-state index in [2.05, 4.69) is 25.6 Å². The lowest BCUT2D eigenvalue weighted by atomic mass is 10.1. The van der Waals surface area contributed by atoms with E-state index in [0.717, 1.165) is 5.56 Å². The number of benzene rings is 1. The molecule has 150 valence electrons. The largest absolute Gasteiger partial charge is 0.465 e. The fraction of sp³-hybridized carbons (Fsp3) is 0.421. The molecule has 0 bridgehead atoms. The van der Waals surface area contributed by atoms with Crippen molar-refractivity contribution < 1.29 is 19.1 Å². The van der Waals surface area contributed by atoms with Gasteiger partial charge in [-0.3, -0.25) is 10.1 Å². The Labute approximate surface area is 163 Å².